The van der Waals surface area contributed by atoms with E-state index in [1.54, 1.807) is 0 Å². The fourth-order valence-corrected chi connectivity index (χ4v) is 8.36. The zero-order valence-corrected chi connectivity index (χ0v) is 31.5. The topological polar surface area (TPSA) is 38.7 Å². The molecule has 3 nitrogen and oxygen atoms in total. The summed E-state index contributed by atoms with van der Waals surface area (Å²) in [5, 5.41) is 9.40. The molecule has 0 N–H and O–H groups in total. The van der Waals surface area contributed by atoms with Crippen LogP contribution >= 0.6 is 0 Å². The fraction of sp³-hybridized carbons (Fsp3) is 0. The van der Waals surface area contributed by atoms with Crippen LogP contribution in [0, 0.1) is 0 Å². The van der Waals surface area contributed by atoms with Gasteiger partial charge in [0, 0.05) is 22.3 Å². The van der Waals surface area contributed by atoms with Crippen molar-refractivity contribution in [1.29, 1.82) is 0 Å². The molecule has 0 radical (unpaired) electrons. The highest BCUT2D eigenvalue weighted by Gasteiger charge is 2.19. The normalized spacial score (nSPS) is 11.4. The van der Waals surface area contributed by atoms with E-state index >= 15 is 0 Å². The van der Waals surface area contributed by atoms with Crippen LogP contribution in [-0.2, 0) is 0 Å². The Morgan fingerprint density at radius 1 is 0.224 bits per heavy atom. The first kappa shape index (κ1) is 33.6. The predicted molar refractivity (Wildman–Crippen MR) is 242 cm³/mol. The second-order valence-corrected chi connectivity index (χ2v) is 14.8. The molecule has 0 bridgehead atoms. The van der Waals surface area contributed by atoms with Gasteiger partial charge in [-0.05, 0) is 107 Å². The molecule has 10 aromatic carbocycles. The quantitative estimate of drug-likeness (QED) is 0.171. The third-order valence-electron chi connectivity index (χ3n) is 11.3. The Morgan fingerprint density at radius 2 is 0.690 bits per heavy atom. The molecule has 58 heavy (non-hydrogen) atoms. The zero-order valence-electron chi connectivity index (χ0n) is 31.5. The maximum absolute atomic E-state index is 5.34. The molecular weight excluding hydrogens is 703 g/mol. The Bertz CT molecular complexity index is 3340. The SMILES string of the molecule is c1ccc(-c2cc(-c3nc(-c4ccc5cc(-c6ccc7ccccc7c6)ccc5c4)nc(-c4ccc5ccccc5c4-c4ccccc4)n3)cc3ccccc23)cc1. The largest absolute Gasteiger partial charge is 0.208 e. The van der Waals surface area contributed by atoms with Crippen LogP contribution in [0.5, 0.6) is 0 Å². The zero-order chi connectivity index (χ0) is 38.4. The Hall–Kier alpha value is -7.75. The molecule has 0 spiro atoms. The smallest absolute Gasteiger partial charge is 0.164 e. The first-order chi connectivity index (χ1) is 28.7. The molecule has 0 unspecified atom stereocenters. The number of nitrogens with zero attached hydrogens (tertiary/aromatic N) is 3. The van der Waals surface area contributed by atoms with Crippen LogP contribution in [0.1, 0.15) is 0 Å². The van der Waals surface area contributed by atoms with Gasteiger partial charge in [0.25, 0.3) is 0 Å². The second-order valence-electron chi connectivity index (χ2n) is 14.8. The van der Waals surface area contributed by atoms with Crippen LogP contribution in [0.2, 0.25) is 0 Å². The minimum absolute atomic E-state index is 0.627. The molecule has 0 aliphatic rings. The van der Waals surface area contributed by atoms with Crippen molar-refractivity contribution in [3.8, 4) is 67.5 Å². The molecule has 0 atom stereocenters. The van der Waals surface area contributed by atoms with Crippen LogP contribution in [0.15, 0.2) is 212 Å². The van der Waals surface area contributed by atoms with Crippen LogP contribution in [0.25, 0.3) is 111 Å². The number of hydrogen-bond donors (Lipinski definition) is 0. The molecule has 1 heterocycles. The minimum Gasteiger partial charge on any atom is -0.208 e. The van der Waals surface area contributed by atoms with Crippen molar-refractivity contribution in [2.75, 3.05) is 0 Å². The Kier molecular flexibility index (Phi) is 8.15. The van der Waals surface area contributed by atoms with E-state index in [1.807, 2.05) is 0 Å². The predicted octanol–water partition coefficient (Wildman–Crippen LogP) is 14.5. The molecule has 0 aliphatic carbocycles. The van der Waals surface area contributed by atoms with E-state index in [4.69, 9.17) is 15.0 Å². The van der Waals surface area contributed by atoms with Gasteiger partial charge in [-0.15, -0.1) is 0 Å². The van der Waals surface area contributed by atoms with E-state index in [0.29, 0.717) is 17.5 Å². The molecule has 0 amide bonds. The molecule has 1 aromatic heterocycles. The average Bonchev–Trinajstić information content (AvgIpc) is 3.30. The number of benzene rings is 10. The number of fused-ring (bicyclic) bond motifs is 4. The lowest BCUT2D eigenvalue weighted by Crippen LogP contribution is -2.02. The molecule has 11 aromatic rings. The summed E-state index contributed by atoms with van der Waals surface area (Å²) in [5.74, 6) is 1.88. The fourth-order valence-electron chi connectivity index (χ4n) is 8.36. The van der Waals surface area contributed by atoms with Crippen LogP contribution in [-0.4, -0.2) is 15.0 Å². The van der Waals surface area contributed by atoms with E-state index in [9.17, 15) is 0 Å². The first-order valence-electron chi connectivity index (χ1n) is 19.7. The highest BCUT2D eigenvalue weighted by molar-refractivity contribution is 6.04. The molecular formula is C55H35N3. The lowest BCUT2D eigenvalue weighted by molar-refractivity contribution is 1.08. The number of rotatable bonds is 6. The average molecular weight is 738 g/mol. The lowest BCUT2D eigenvalue weighted by atomic mass is 9.92. The van der Waals surface area contributed by atoms with Crippen molar-refractivity contribution in [3.63, 3.8) is 0 Å². The van der Waals surface area contributed by atoms with Gasteiger partial charge in [0.15, 0.2) is 17.5 Å². The maximum Gasteiger partial charge on any atom is 0.164 e. The summed E-state index contributed by atoms with van der Waals surface area (Å²) in [7, 11) is 0. The highest BCUT2D eigenvalue weighted by atomic mass is 15.0. The Morgan fingerprint density at radius 3 is 1.41 bits per heavy atom. The molecule has 0 saturated heterocycles. The maximum atomic E-state index is 5.34. The van der Waals surface area contributed by atoms with E-state index in [0.717, 1.165) is 60.5 Å². The van der Waals surface area contributed by atoms with E-state index in [-0.39, 0.29) is 0 Å². The minimum atomic E-state index is 0.627. The summed E-state index contributed by atoms with van der Waals surface area (Å²) < 4.78 is 0. The van der Waals surface area contributed by atoms with Gasteiger partial charge in [-0.1, -0.05) is 176 Å². The van der Waals surface area contributed by atoms with Gasteiger partial charge in [0.2, 0.25) is 0 Å². The van der Waals surface area contributed by atoms with Gasteiger partial charge >= 0.3 is 0 Å². The van der Waals surface area contributed by atoms with Gasteiger partial charge in [-0.25, -0.2) is 15.0 Å². The molecule has 0 aliphatic heterocycles. The summed E-state index contributed by atoms with van der Waals surface area (Å²) in [6.07, 6.45) is 0. The summed E-state index contributed by atoms with van der Waals surface area (Å²) >= 11 is 0. The Labute approximate surface area is 336 Å². The molecule has 0 fully saturated rings. The molecule has 11 rings (SSSR count). The summed E-state index contributed by atoms with van der Waals surface area (Å²) in [4.78, 5) is 15.9. The van der Waals surface area contributed by atoms with E-state index in [2.05, 4.69) is 212 Å². The summed E-state index contributed by atoms with van der Waals surface area (Å²) in [6.45, 7) is 0. The Balaban J connectivity index is 1.11. The van der Waals surface area contributed by atoms with Gasteiger partial charge < -0.3 is 0 Å². The van der Waals surface area contributed by atoms with E-state index < -0.39 is 0 Å². The van der Waals surface area contributed by atoms with Gasteiger partial charge in [0.05, 0.1) is 0 Å². The van der Waals surface area contributed by atoms with Crippen LogP contribution in [0.4, 0.5) is 0 Å². The van der Waals surface area contributed by atoms with Gasteiger partial charge in [0.1, 0.15) is 0 Å². The monoisotopic (exact) mass is 737 g/mol. The number of aromatic nitrogens is 3. The van der Waals surface area contributed by atoms with Crippen molar-refractivity contribution in [2.24, 2.45) is 0 Å². The molecule has 270 valence electrons. The van der Waals surface area contributed by atoms with Crippen molar-refractivity contribution in [1.82, 2.24) is 15.0 Å². The van der Waals surface area contributed by atoms with Gasteiger partial charge in [-0.3, -0.25) is 0 Å². The third-order valence-corrected chi connectivity index (χ3v) is 11.3. The van der Waals surface area contributed by atoms with Crippen molar-refractivity contribution >= 4 is 43.1 Å². The van der Waals surface area contributed by atoms with Crippen LogP contribution < -0.4 is 0 Å². The highest BCUT2D eigenvalue weighted by Crippen LogP contribution is 2.40. The van der Waals surface area contributed by atoms with Crippen molar-refractivity contribution < 1.29 is 0 Å². The van der Waals surface area contributed by atoms with Crippen LogP contribution in [0.3, 0.4) is 0 Å². The van der Waals surface area contributed by atoms with E-state index in [1.165, 1.54) is 32.7 Å². The summed E-state index contributed by atoms with van der Waals surface area (Å²) in [6, 6.07) is 75.4. The third kappa shape index (κ3) is 6.07. The standard InChI is InChI=1S/C55H35N3/c1-3-14-37(15-4-1)51-35-47(34-45-20-10-11-21-48(45)51)54-56-53(57-55(58-54)50-30-29-38-16-9-12-22-49(38)52(50)39-17-5-2-6-18-39)46-28-27-43-32-42(25-26-44(43)33-46)41-24-23-36-13-7-8-19-40(36)31-41/h1-35H. The lowest BCUT2D eigenvalue weighted by Gasteiger charge is -2.16. The number of hydrogen-bond acceptors (Lipinski definition) is 3. The molecule has 3 heteroatoms. The van der Waals surface area contributed by atoms with Crippen molar-refractivity contribution in [2.45, 2.75) is 0 Å². The first-order valence-corrected chi connectivity index (χ1v) is 19.7. The summed E-state index contributed by atoms with van der Waals surface area (Å²) in [5.41, 5.74) is 9.71. The van der Waals surface area contributed by atoms with Gasteiger partial charge in [-0.2, -0.15) is 0 Å². The second kappa shape index (κ2) is 14.1. The van der Waals surface area contributed by atoms with Crippen molar-refractivity contribution in [3.05, 3.63) is 212 Å². The molecule has 0 saturated carbocycles.